The molecule has 17 heavy (non-hydrogen) atoms. The molecule has 4 nitrogen and oxygen atoms in total. The third-order valence-electron chi connectivity index (χ3n) is 3.70. The minimum Gasteiger partial charge on any atom is -0.299 e. The lowest BCUT2D eigenvalue weighted by Crippen LogP contribution is -2.40. The van der Waals surface area contributed by atoms with Crippen LogP contribution < -0.4 is 0 Å². The molecule has 2 aliphatic rings. The molecule has 2 rings (SSSR count). The van der Waals surface area contributed by atoms with Crippen molar-refractivity contribution in [1.82, 2.24) is 9.21 Å². The molecule has 0 radical (unpaired) electrons. The molecular formula is C11H21ClN2O2S. The Bertz CT molecular complexity index is 347. The van der Waals surface area contributed by atoms with E-state index in [0.29, 0.717) is 31.4 Å². The molecule has 0 aromatic rings. The van der Waals surface area contributed by atoms with Crippen molar-refractivity contribution in [3.63, 3.8) is 0 Å². The number of alkyl halides is 1. The van der Waals surface area contributed by atoms with E-state index < -0.39 is 10.0 Å². The van der Waals surface area contributed by atoms with Gasteiger partial charge < -0.3 is 0 Å². The second kappa shape index (κ2) is 5.87. The molecule has 0 aliphatic carbocycles. The molecule has 2 fully saturated rings. The highest BCUT2D eigenvalue weighted by molar-refractivity contribution is 7.89. The molecule has 0 saturated carbocycles. The molecule has 0 N–H and O–H groups in total. The van der Waals surface area contributed by atoms with Crippen molar-refractivity contribution < 1.29 is 8.42 Å². The molecule has 0 spiro atoms. The van der Waals surface area contributed by atoms with E-state index in [1.165, 1.54) is 6.42 Å². The first-order valence-electron chi connectivity index (χ1n) is 6.41. The summed E-state index contributed by atoms with van der Waals surface area (Å²) in [4.78, 5) is 2.44. The van der Waals surface area contributed by atoms with Crippen LogP contribution in [0.1, 0.15) is 25.7 Å². The van der Waals surface area contributed by atoms with Crippen molar-refractivity contribution >= 4 is 21.6 Å². The molecule has 1 unspecified atom stereocenters. The zero-order valence-electron chi connectivity index (χ0n) is 10.1. The monoisotopic (exact) mass is 280 g/mol. The topological polar surface area (TPSA) is 40.6 Å². The van der Waals surface area contributed by atoms with Gasteiger partial charge in [-0.1, -0.05) is 0 Å². The van der Waals surface area contributed by atoms with E-state index >= 15 is 0 Å². The number of hydrogen-bond acceptors (Lipinski definition) is 3. The van der Waals surface area contributed by atoms with Crippen LogP contribution in [0.3, 0.4) is 0 Å². The first-order chi connectivity index (χ1) is 8.13. The first kappa shape index (κ1) is 13.6. The summed E-state index contributed by atoms with van der Waals surface area (Å²) in [6.45, 7) is 3.55. The fourth-order valence-electron chi connectivity index (χ4n) is 2.79. The number of fused-ring (bicyclic) bond motifs is 1. The molecule has 1 atom stereocenters. The van der Waals surface area contributed by atoms with Crippen molar-refractivity contribution in [3.8, 4) is 0 Å². The lowest BCUT2D eigenvalue weighted by Gasteiger charge is -2.25. The smallest absolute Gasteiger partial charge is 0.214 e. The van der Waals surface area contributed by atoms with Crippen LogP contribution in [0.5, 0.6) is 0 Å². The molecule has 0 bridgehead atoms. The normalized spacial score (nSPS) is 27.9. The van der Waals surface area contributed by atoms with Gasteiger partial charge in [0.2, 0.25) is 10.0 Å². The van der Waals surface area contributed by atoms with Crippen LogP contribution in [0, 0.1) is 0 Å². The second-order valence-corrected chi connectivity index (χ2v) is 7.37. The molecule has 0 aromatic carbocycles. The summed E-state index contributed by atoms with van der Waals surface area (Å²) in [7, 11) is -3.09. The van der Waals surface area contributed by atoms with Gasteiger partial charge in [0.05, 0.1) is 5.75 Å². The van der Waals surface area contributed by atoms with Crippen LogP contribution in [0.25, 0.3) is 0 Å². The van der Waals surface area contributed by atoms with Crippen molar-refractivity contribution in [3.05, 3.63) is 0 Å². The van der Waals surface area contributed by atoms with Gasteiger partial charge in [0.25, 0.3) is 0 Å². The summed E-state index contributed by atoms with van der Waals surface area (Å²) in [5.74, 6) is 0.617. The fourth-order valence-corrected chi connectivity index (χ4v) is 4.66. The molecule has 2 aliphatic heterocycles. The van der Waals surface area contributed by atoms with Gasteiger partial charge in [-0.25, -0.2) is 12.7 Å². The Morgan fingerprint density at radius 2 is 1.94 bits per heavy atom. The fraction of sp³-hybridized carbons (Fsp3) is 1.00. The highest BCUT2D eigenvalue weighted by Gasteiger charge is 2.33. The first-order valence-corrected chi connectivity index (χ1v) is 8.56. The van der Waals surface area contributed by atoms with Gasteiger partial charge in [0.15, 0.2) is 0 Å². The van der Waals surface area contributed by atoms with Gasteiger partial charge in [0.1, 0.15) is 0 Å². The van der Waals surface area contributed by atoms with Gasteiger partial charge in [-0.05, 0) is 38.8 Å². The van der Waals surface area contributed by atoms with E-state index in [0.717, 1.165) is 25.9 Å². The number of halogens is 1. The van der Waals surface area contributed by atoms with Crippen molar-refractivity contribution in [2.45, 2.75) is 31.7 Å². The summed E-state index contributed by atoms with van der Waals surface area (Å²) in [5, 5.41) is 0. The number of rotatable bonds is 4. The molecule has 6 heteroatoms. The molecule has 100 valence electrons. The van der Waals surface area contributed by atoms with Crippen molar-refractivity contribution in [2.24, 2.45) is 0 Å². The van der Waals surface area contributed by atoms with E-state index in [4.69, 9.17) is 11.6 Å². The van der Waals surface area contributed by atoms with E-state index in [-0.39, 0.29) is 5.75 Å². The summed E-state index contributed by atoms with van der Waals surface area (Å²) in [5.41, 5.74) is 0. The quantitative estimate of drug-likeness (QED) is 0.725. The lowest BCUT2D eigenvalue weighted by molar-refractivity contribution is 0.257. The zero-order chi connectivity index (χ0) is 12.3. The van der Waals surface area contributed by atoms with Crippen LogP contribution in [0.2, 0.25) is 0 Å². The van der Waals surface area contributed by atoms with Crippen molar-refractivity contribution in [1.29, 1.82) is 0 Å². The molecule has 2 saturated heterocycles. The number of nitrogens with zero attached hydrogens (tertiary/aromatic N) is 2. The van der Waals surface area contributed by atoms with E-state index in [1.807, 2.05) is 0 Å². The zero-order valence-corrected chi connectivity index (χ0v) is 11.7. The van der Waals surface area contributed by atoms with Crippen LogP contribution >= 0.6 is 11.6 Å². The van der Waals surface area contributed by atoms with Gasteiger partial charge >= 0.3 is 0 Å². The summed E-state index contributed by atoms with van der Waals surface area (Å²) < 4.78 is 26.0. The van der Waals surface area contributed by atoms with Crippen LogP contribution in [0.4, 0.5) is 0 Å². The van der Waals surface area contributed by atoms with Crippen molar-refractivity contribution in [2.75, 3.05) is 37.8 Å². The maximum Gasteiger partial charge on any atom is 0.214 e. The summed E-state index contributed by atoms with van der Waals surface area (Å²) in [6, 6.07) is 0.447. The Hall–Kier alpha value is 0.160. The SMILES string of the molecule is O=S(=O)(CCCCl)N1CCCN2CCCC2C1. The Morgan fingerprint density at radius 1 is 1.18 bits per heavy atom. The van der Waals surface area contributed by atoms with Crippen LogP contribution in [-0.4, -0.2) is 61.5 Å². The lowest BCUT2D eigenvalue weighted by atomic mass is 10.2. The Kier molecular flexibility index (Phi) is 4.69. The maximum absolute atomic E-state index is 12.1. The second-order valence-electron chi connectivity index (χ2n) is 4.90. The largest absolute Gasteiger partial charge is 0.299 e. The van der Waals surface area contributed by atoms with E-state index in [2.05, 4.69) is 4.90 Å². The number of hydrogen-bond donors (Lipinski definition) is 0. The maximum atomic E-state index is 12.1. The minimum absolute atomic E-state index is 0.198. The van der Waals surface area contributed by atoms with E-state index in [1.54, 1.807) is 4.31 Å². The molecule has 0 amide bonds. The minimum atomic E-state index is -3.09. The Balaban J connectivity index is 2.00. The van der Waals surface area contributed by atoms with Gasteiger partial charge in [-0.3, -0.25) is 4.90 Å². The Labute approximate surface area is 109 Å². The third-order valence-corrected chi connectivity index (χ3v) is 5.89. The van der Waals surface area contributed by atoms with Gasteiger partial charge in [-0.2, -0.15) is 0 Å². The highest BCUT2D eigenvalue weighted by Crippen LogP contribution is 2.23. The average molecular weight is 281 g/mol. The predicted molar refractivity (Wildman–Crippen MR) is 69.9 cm³/mol. The predicted octanol–water partition coefficient (Wildman–Crippen LogP) is 1.12. The molecule has 2 heterocycles. The van der Waals surface area contributed by atoms with Gasteiger partial charge in [-0.15, -0.1) is 11.6 Å². The molecule has 0 aromatic heterocycles. The third kappa shape index (κ3) is 3.34. The Morgan fingerprint density at radius 3 is 2.71 bits per heavy atom. The molecular weight excluding hydrogens is 260 g/mol. The summed E-state index contributed by atoms with van der Waals surface area (Å²) >= 11 is 5.58. The summed E-state index contributed by atoms with van der Waals surface area (Å²) in [6.07, 6.45) is 3.85. The van der Waals surface area contributed by atoms with Crippen LogP contribution in [0.15, 0.2) is 0 Å². The van der Waals surface area contributed by atoms with Gasteiger partial charge in [0, 0.05) is 25.0 Å². The highest BCUT2D eigenvalue weighted by atomic mass is 35.5. The number of sulfonamides is 1. The van der Waals surface area contributed by atoms with E-state index in [9.17, 15) is 8.42 Å². The standard InChI is InChI=1S/C11H21ClN2O2S/c12-5-2-9-17(15,16)14-8-3-7-13-6-1-4-11(13)10-14/h11H,1-10H2. The average Bonchev–Trinajstić information content (AvgIpc) is 2.63. The van der Waals surface area contributed by atoms with Crippen LogP contribution in [-0.2, 0) is 10.0 Å².